The molecule has 0 bridgehead atoms. The molecule has 0 heterocycles. The summed E-state index contributed by atoms with van der Waals surface area (Å²) in [5.74, 6) is 1.54. The third-order valence-electron chi connectivity index (χ3n) is 2.25. The summed E-state index contributed by atoms with van der Waals surface area (Å²) in [4.78, 5) is 23.6. The molecule has 1 rings (SSSR count). The highest BCUT2D eigenvalue weighted by molar-refractivity contribution is 7.84. The van der Waals surface area contributed by atoms with Gasteiger partial charge in [0.1, 0.15) is 0 Å². The zero-order chi connectivity index (χ0) is 14.3. The molecule has 0 unspecified atom stereocenters. The number of hydrogen-bond donors (Lipinski definition) is 2. The summed E-state index contributed by atoms with van der Waals surface area (Å²) in [6, 6.07) is 6.35. The van der Waals surface area contributed by atoms with Gasteiger partial charge < -0.3 is 10.6 Å². The number of hydrogen-bond acceptors (Lipinski definition) is 3. The number of carbonyl (C=O) groups excluding carboxylic acids is 2. The van der Waals surface area contributed by atoms with Crippen molar-refractivity contribution >= 4 is 22.6 Å². The fourth-order valence-electron chi connectivity index (χ4n) is 1.27. The number of rotatable bonds is 5. The first-order valence-electron chi connectivity index (χ1n) is 5.46. The molecule has 2 amide bonds. The van der Waals surface area contributed by atoms with Gasteiger partial charge in [0, 0.05) is 27.5 Å². The van der Waals surface area contributed by atoms with E-state index in [1.807, 2.05) is 0 Å². The van der Waals surface area contributed by atoms with Crippen LogP contribution in [-0.4, -0.2) is 35.4 Å². The van der Waals surface area contributed by atoms with Crippen molar-refractivity contribution in [3.8, 4) is 12.3 Å². The monoisotopic (exact) mass is 278 g/mol. The van der Waals surface area contributed by atoms with Crippen LogP contribution in [0.3, 0.4) is 0 Å². The largest absolute Gasteiger partial charge is 0.344 e. The van der Waals surface area contributed by atoms with Crippen molar-refractivity contribution < 1.29 is 13.8 Å². The highest BCUT2D eigenvalue weighted by atomic mass is 32.2. The van der Waals surface area contributed by atoms with E-state index in [1.165, 1.54) is 0 Å². The minimum absolute atomic E-state index is 0.131. The van der Waals surface area contributed by atoms with Crippen LogP contribution in [0.5, 0.6) is 0 Å². The van der Waals surface area contributed by atoms with Crippen molar-refractivity contribution in [3.63, 3.8) is 0 Å². The average Bonchev–Trinajstić information content (AvgIpc) is 2.42. The van der Waals surface area contributed by atoms with Gasteiger partial charge in [-0.05, 0) is 24.3 Å². The third kappa shape index (κ3) is 4.94. The van der Waals surface area contributed by atoms with E-state index in [2.05, 4.69) is 16.6 Å². The fourth-order valence-corrected chi connectivity index (χ4v) is 1.79. The maximum absolute atomic E-state index is 11.7. The summed E-state index contributed by atoms with van der Waals surface area (Å²) in [6.07, 6.45) is 6.55. The number of amides is 2. The lowest BCUT2D eigenvalue weighted by atomic mass is 10.2. The highest BCUT2D eigenvalue weighted by Crippen LogP contribution is 2.07. The van der Waals surface area contributed by atoms with Crippen LogP contribution < -0.4 is 10.6 Å². The van der Waals surface area contributed by atoms with Crippen molar-refractivity contribution in [3.05, 3.63) is 29.8 Å². The molecule has 0 aliphatic rings. The van der Waals surface area contributed by atoms with Crippen molar-refractivity contribution in [2.75, 3.05) is 19.3 Å². The molecule has 0 fully saturated rings. The highest BCUT2D eigenvalue weighted by Gasteiger charge is 2.08. The molecule has 5 nitrogen and oxygen atoms in total. The van der Waals surface area contributed by atoms with Gasteiger partial charge >= 0.3 is 0 Å². The molecular weight excluding hydrogens is 264 g/mol. The average molecular weight is 278 g/mol. The number of terminal acetylenes is 1. The van der Waals surface area contributed by atoms with Gasteiger partial charge in [-0.1, -0.05) is 5.92 Å². The number of nitrogens with one attached hydrogen (secondary N) is 2. The first-order valence-corrected chi connectivity index (χ1v) is 7.02. The molecule has 2 N–H and O–H groups in total. The lowest BCUT2D eigenvalue weighted by Gasteiger charge is -2.05. The molecule has 1 aromatic carbocycles. The minimum Gasteiger partial charge on any atom is -0.344 e. The van der Waals surface area contributed by atoms with Crippen LogP contribution in [0.15, 0.2) is 29.2 Å². The summed E-state index contributed by atoms with van der Waals surface area (Å²) < 4.78 is 11.2. The molecule has 6 heteroatoms. The zero-order valence-corrected chi connectivity index (χ0v) is 11.3. The van der Waals surface area contributed by atoms with Crippen LogP contribution in [0.4, 0.5) is 0 Å². The summed E-state index contributed by atoms with van der Waals surface area (Å²) in [6.45, 7) is -0.00626. The lowest BCUT2D eigenvalue weighted by molar-refractivity contribution is -0.119. The minimum atomic E-state index is -1.08. The van der Waals surface area contributed by atoms with E-state index in [0.717, 1.165) is 0 Å². The summed E-state index contributed by atoms with van der Waals surface area (Å²) >= 11 is 0. The molecule has 0 spiro atoms. The smallest absolute Gasteiger partial charge is 0.251 e. The van der Waals surface area contributed by atoms with Crippen LogP contribution in [0.25, 0.3) is 0 Å². The summed E-state index contributed by atoms with van der Waals surface area (Å²) in [7, 11) is -1.08. The Hall–Kier alpha value is -2.13. The Morgan fingerprint density at radius 1 is 1.26 bits per heavy atom. The lowest BCUT2D eigenvalue weighted by Crippen LogP contribution is -2.37. The second-order valence-electron chi connectivity index (χ2n) is 3.64. The maximum Gasteiger partial charge on any atom is 0.251 e. The van der Waals surface area contributed by atoms with Crippen LogP contribution >= 0.6 is 0 Å². The quantitative estimate of drug-likeness (QED) is 0.739. The summed E-state index contributed by atoms with van der Waals surface area (Å²) in [5, 5.41) is 4.89. The fraction of sp³-hybridized carbons (Fsp3) is 0.231. The van der Waals surface area contributed by atoms with Crippen LogP contribution in [-0.2, 0) is 15.6 Å². The topological polar surface area (TPSA) is 75.3 Å². The van der Waals surface area contributed by atoms with E-state index >= 15 is 0 Å². The number of benzene rings is 1. The van der Waals surface area contributed by atoms with Crippen molar-refractivity contribution in [2.45, 2.75) is 4.90 Å². The molecule has 0 aromatic heterocycles. The normalized spacial score (nSPS) is 11.2. The van der Waals surface area contributed by atoms with Crippen LogP contribution in [0, 0.1) is 12.3 Å². The Kier molecular flexibility index (Phi) is 5.76. The van der Waals surface area contributed by atoms with Gasteiger partial charge in [-0.15, -0.1) is 6.42 Å². The van der Waals surface area contributed by atoms with Gasteiger partial charge in [0.05, 0.1) is 13.1 Å². The second kappa shape index (κ2) is 7.34. The number of carbonyl (C=O) groups is 2. The molecule has 0 saturated heterocycles. The molecular formula is C13H14N2O3S. The Labute approximate surface area is 114 Å². The van der Waals surface area contributed by atoms with E-state index in [4.69, 9.17) is 6.42 Å². The predicted molar refractivity (Wildman–Crippen MR) is 73.0 cm³/mol. The molecule has 0 aliphatic heterocycles. The third-order valence-corrected chi connectivity index (χ3v) is 3.18. The van der Waals surface area contributed by atoms with Crippen molar-refractivity contribution in [2.24, 2.45) is 0 Å². The standard InChI is InChI=1S/C13H14N2O3S/c1-3-8-14-12(16)9-15-13(17)10-4-6-11(7-5-10)19(2)18/h1,4-7H,8-9H2,2H3,(H,14,16)(H,15,17)/t19-/m0/s1. The van der Waals surface area contributed by atoms with Crippen molar-refractivity contribution in [1.29, 1.82) is 0 Å². The Morgan fingerprint density at radius 3 is 2.42 bits per heavy atom. The van der Waals surface area contributed by atoms with E-state index in [0.29, 0.717) is 10.5 Å². The first kappa shape index (κ1) is 14.9. The van der Waals surface area contributed by atoms with Crippen LogP contribution in [0.1, 0.15) is 10.4 Å². The molecule has 100 valence electrons. The van der Waals surface area contributed by atoms with Gasteiger partial charge in [0.15, 0.2) is 0 Å². The van der Waals surface area contributed by atoms with E-state index in [1.54, 1.807) is 30.5 Å². The van der Waals surface area contributed by atoms with Crippen LogP contribution in [0.2, 0.25) is 0 Å². The Balaban J connectivity index is 2.52. The van der Waals surface area contributed by atoms with Crippen molar-refractivity contribution in [1.82, 2.24) is 10.6 Å². The van der Waals surface area contributed by atoms with Gasteiger partial charge in [0.2, 0.25) is 5.91 Å². The second-order valence-corrected chi connectivity index (χ2v) is 5.02. The molecule has 0 saturated carbocycles. The SMILES string of the molecule is C#CCNC(=O)CNC(=O)c1ccc([S@](C)=O)cc1. The first-order chi connectivity index (χ1) is 9.04. The molecule has 1 aromatic rings. The molecule has 0 aliphatic carbocycles. The Morgan fingerprint density at radius 2 is 1.89 bits per heavy atom. The molecule has 1 atom stereocenters. The Bertz CT molecular complexity index is 532. The van der Waals surface area contributed by atoms with E-state index < -0.39 is 10.8 Å². The van der Waals surface area contributed by atoms with E-state index in [9.17, 15) is 13.8 Å². The van der Waals surface area contributed by atoms with Gasteiger partial charge in [-0.3, -0.25) is 13.8 Å². The maximum atomic E-state index is 11.7. The predicted octanol–water partition coefficient (Wildman–Crippen LogP) is -0.0968. The summed E-state index contributed by atoms with van der Waals surface area (Å²) in [5.41, 5.74) is 0.402. The zero-order valence-electron chi connectivity index (χ0n) is 10.4. The molecule has 19 heavy (non-hydrogen) atoms. The van der Waals surface area contributed by atoms with Gasteiger partial charge in [-0.25, -0.2) is 0 Å². The van der Waals surface area contributed by atoms with E-state index in [-0.39, 0.29) is 24.9 Å². The molecule has 0 radical (unpaired) electrons. The van der Waals surface area contributed by atoms with Gasteiger partial charge in [-0.2, -0.15) is 0 Å². The van der Waals surface area contributed by atoms with Gasteiger partial charge in [0.25, 0.3) is 5.91 Å².